The van der Waals surface area contributed by atoms with Gasteiger partial charge in [0.1, 0.15) is 5.75 Å². The van der Waals surface area contributed by atoms with Crippen LogP contribution in [0.1, 0.15) is 24.0 Å². The smallest absolute Gasteiger partial charge is 0.406 e. The molecule has 0 unspecified atom stereocenters. The average molecular weight is 473 g/mol. The maximum atomic E-state index is 12.4. The number of ether oxygens (including phenoxy) is 1. The molecule has 7 heteroatoms. The lowest BCUT2D eigenvalue weighted by Crippen LogP contribution is -2.41. The highest BCUT2D eigenvalue weighted by atomic mass is 32.2. The molecule has 1 N–H and O–H groups in total. The molecule has 3 nitrogen and oxygen atoms in total. The zero-order valence-electron chi connectivity index (χ0n) is 18.2. The Balaban J connectivity index is 1.28. The summed E-state index contributed by atoms with van der Waals surface area (Å²) in [5.74, 6) is -0.208. The van der Waals surface area contributed by atoms with Crippen LogP contribution in [0, 0.1) is 0 Å². The molecule has 174 valence electrons. The first-order chi connectivity index (χ1) is 15.9. The Kier molecular flexibility index (Phi) is 7.96. The number of rotatable bonds is 8. The van der Waals surface area contributed by atoms with Crippen molar-refractivity contribution in [2.75, 3.05) is 13.1 Å². The van der Waals surface area contributed by atoms with Crippen LogP contribution < -0.4 is 10.1 Å². The predicted octanol–water partition coefficient (Wildman–Crippen LogP) is 6.49. The van der Waals surface area contributed by atoms with Crippen LogP contribution in [0.15, 0.2) is 88.7 Å². The van der Waals surface area contributed by atoms with Crippen molar-refractivity contribution in [3.63, 3.8) is 0 Å². The fourth-order valence-electron chi connectivity index (χ4n) is 3.98. The number of nitrogens with one attached hydrogen (secondary N) is 1. The van der Waals surface area contributed by atoms with Gasteiger partial charge in [0.05, 0.1) is 0 Å². The van der Waals surface area contributed by atoms with Gasteiger partial charge in [-0.2, -0.15) is 0 Å². The Bertz CT molecular complexity index is 1000. The first-order valence-corrected chi connectivity index (χ1v) is 11.9. The third-order valence-corrected chi connectivity index (χ3v) is 6.80. The van der Waals surface area contributed by atoms with E-state index >= 15 is 0 Å². The number of hydrogen-bond donors (Lipinski definition) is 1. The molecule has 0 bridgehead atoms. The maximum absolute atomic E-state index is 12.4. The lowest BCUT2D eigenvalue weighted by molar-refractivity contribution is -0.274. The van der Waals surface area contributed by atoms with E-state index in [2.05, 4.69) is 45.3 Å². The topological polar surface area (TPSA) is 24.5 Å². The van der Waals surface area contributed by atoms with Gasteiger partial charge >= 0.3 is 6.36 Å². The van der Waals surface area contributed by atoms with Crippen molar-refractivity contribution in [2.45, 2.75) is 48.1 Å². The maximum Gasteiger partial charge on any atom is 0.573 e. The summed E-state index contributed by atoms with van der Waals surface area (Å²) in [6, 6.07) is 25.2. The quantitative estimate of drug-likeness (QED) is 0.405. The van der Waals surface area contributed by atoms with Crippen LogP contribution in [-0.2, 0) is 13.1 Å². The molecule has 33 heavy (non-hydrogen) atoms. The largest absolute Gasteiger partial charge is 0.573 e. The Morgan fingerprint density at radius 2 is 1.55 bits per heavy atom. The van der Waals surface area contributed by atoms with E-state index < -0.39 is 6.36 Å². The lowest BCUT2D eigenvalue weighted by Gasteiger charge is -2.32. The van der Waals surface area contributed by atoms with Crippen molar-refractivity contribution in [1.82, 2.24) is 10.2 Å². The van der Waals surface area contributed by atoms with Crippen LogP contribution in [0.4, 0.5) is 13.2 Å². The van der Waals surface area contributed by atoms with Gasteiger partial charge in [0, 0.05) is 28.9 Å². The van der Waals surface area contributed by atoms with Crippen molar-refractivity contribution < 1.29 is 17.9 Å². The number of alkyl halides is 3. The van der Waals surface area contributed by atoms with Gasteiger partial charge in [-0.3, -0.25) is 4.90 Å². The summed E-state index contributed by atoms with van der Waals surface area (Å²) in [6.07, 6.45) is -2.45. The number of piperidine rings is 1. The summed E-state index contributed by atoms with van der Waals surface area (Å²) in [6.45, 7) is 3.92. The van der Waals surface area contributed by atoms with Gasteiger partial charge in [0.15, 0.2) is 0 Å². The number of halogens is 3. The molecule has 0 amide bonds. The van der Waals surface area contributed by atoms with Crippen molar-refractivity contribution in [3.05, 3.63) is 90.0 Å². The van der Waals surface area contributed by atoms with E-state index in [1.807, 2.05) is 24.3 Å². The normalized spacial score (nSPS) is 15.5. The van der Waals surface area contributed by atoms with E-state index in [0.29, 0.717) is 6.04 Å². The average Bonchev–Trinajstić information content (AvgIpc) is 2.80. The minimum Gasteiger partial charge on any atom is -0.406 e. The molecule has 1 aliphatic rings. The first-order valence-electron chi connectivity index (χ1n) is 11.1. The van der Waals surface area contributed by atoms with Crippen molar-refractivity contribution in [3.8, 4) is 5.75 Å². The molecule has 4 rings (SSSR count). The van der Waals surface area contributed by atoms with Crippen molar-refractivity contribution >= 4 is 11.8 Å². The highest BCUT2D eigenvalue weighted by molar-refractivity contribution is 7.99. The summed E-state index contributed by atoms with van der Waals surface area (Å²) < 4.78 is 41.0. The fourth-order valence-corrected chi connectivity index (χ4v) is 4.92. The van der Waals surface area contributed by atoms with Crippen molar-refractivity contribution in [1.29, 1.82) is 0 Å². The van der Waals surface area contributed by atoms with Crippen LogP contribution >= 0.6 is 11.8 Å². The Morgan fingerprint density at radius 3 is 2.24 bits per heavy atom. The molecule has 0 atom stereocenters. The Morgan fingerprint density at radius 1 is 0.879 bits per heavy atom. The minimum atomic E-state index is -4.68. The monoisotopic (exact) mass is 472 g/mol. The van der Waals surface area contributed by atoms with Gasteiger partial charge < -0.3 is 10.1 Å². The second-order valence-corrected chi connectivity index (χ2v) is 9.26. The summed E-state index contributed by atoms with van der Waals surface area (Å²) in [5.41, 5.74) is 2.54. The molecule has 0 aromatic heterocycles. The van der Waals surface area contributed by atoms with Gasteiger partial charge in [-0.05, 0) is 67.4 Å². The predicted molar refractivity (Wildman–Crippen MR) is 125 cm³/mol. The molecule has 0 saturated carbocycles. The molecule has 0 spiro atoms. The van der Waals surface area contributed by atoms with E-state index in [1.165, 1.54) is 23.3 Å². The molecule has 0 radical (unpaired) electrons. The lowest BCUT2D eigenvalue weighted by atomic mass is 10.0. The highest BCUT2D eigenvalue weighted by Crippen LogP contribution is 2.32. The molecule has 1 aliphatic heterocycles. The SMILES string of the molecule is FC(F)(F)Oc1ccc(Sc2ccccc2CNC2CCN(Cc3ccccc3)CC2)cc1. The van der Waals surface area contributed by atoms with E-state index in [9.17, 15) is 13.2 Å². The van der Waals surface area contributed by atoms with Crippen LogP contribution in [-0.4, -0.2) is 30.4 Å². The third-order valence-electron chi connectivity index (χ3n) is 5.68. The molecule has 1 fully saturated rings. The highest BCUT2D eigenvalue weighted by Gasteiger charge is 2.31. The summed E-state index contributed by atoms with van der Waals surface area (Å²) in [7, 11) is 0. The van der Waals surface area contributed by atoms with E-state index in [-0.39, 0.29) is 5.75 Å². The van der Waals surface area contributed by atoms with E-state index in [0.717, 1.165) is 48.8 Å². The van der Waals surface area contributed by atoms with Gasteiger partial charge in [-0.1, -0.05) is 60.3 Å². The Hall–Kier alpha value is -2.48. The van der Waals surface area contributed by atoms with E-state index in [4.69, 9.17) is 0 Å². The van der Waals surface area contributed by atoms with Crippen molar-refractivity contribution in [2.24, 2.45) is 0 Å². The Labute approximate surface area is 197 Å². The fraction of sp³-hybridized carbons (Fsp3) is 0.308. The van der Waals surface area contributed by atoms with Gasteiger partial charge in [-0.15, -0.1) is 13.2 Å². The minimum absolute atomic E-state index is 0.208. The zero-order chi connectivity index (χ0) is 23.1. The summed E-state index contributed by atoms with van der Waals surface area (Å²) >= 11 is 1.54. The molecular formula is C26H27F3N2OS. The van der Waals surface area contributed by atoms with Crippen LogP contribution in [0.3, 0.4) is 0 Å². The summed E-state index contributed by atoms with van der Waals surface area (Å²) in [5, 5.41) is 3.70. The molecule has 0 aliphatic carbocycles. The van der Waals surface area contributed by atoms with Crippen LogP contribution in [0.5, 0.6) is 5.75 Å². The second kappa shape index (κ2) is 11.1. The second-order valence-electron chi connectivity index (χ2n) is 8.15. The van der Waals surface area contributed by atoms with Gasteiger partial charge in [0.2, 0.25) is 0 Å². The first kappa shape index (κ1) is 23.7. The standard InChI is InChI=1S/C26H27F3N2OS/c27-26(28,29)32-23-10-12-24(13-11-23)33-25-9-5-4-8-21(25)18-30-22-14-16-31(17-15-22)19-20-6-2-1-3-7-20/h1-13,22,30H,14-19H2. The van der Waals surface area contributed by atoms with E-state index in [1.54, 1.807) is 23.9 Å². The molecule has 1 heterocycles. The summed E-state index contributed by atoms with van der Waals surface area (Å²) in [4.78, 5) is 4.46. The molecule has 3 aromatic carbocycles. The molecular weight excluding hydrogens is 445 g/mol. The van der Waals surface area contributed by atoms with Crippen LogP contribution in [0.2, 0.25) is 0 Å². The number of hydrogen-bond acceptors (Lipinski definition) is 4. The third kappa shape index (κ3) is 7.52. The van der Waals surface area contributed by atoms with Gasteiger partial charge in [-0.25, -0.2) is 0 Å². The molecule has 1 saturated heterocycles. The number of nitrogens with zero attached hydrogens (tertiary/aromatic N) is 1. The molecule has 3 aromatic rings. The number of likely N-dealkylation sites (tertiary alicyclic amines) is 1. The van der Waals surface area contributed by atoms with Gasteiger partial charge in [0.25, 0.3) is 0 Å². The zero-order valence-corrected chi connectivity index (χ0v) is 19.0. The number of benzene rings is 3. The van der Waals surface area contributed by atoms with Crippen LogP contribution in [0.25, 0.3) is 0 Å².